The molecule has 31 heavy (non-hydrogen) atoms. The second-order valence-corrected chi connectivity index (χ2v) is 9.43. The largest absolute Gasteiger partial charge is 0.402 e. The molecule has 0 amide bonds. The van der Waals surface area contributed by atoms with E-state index in [4.69, 9.17) is 5.73 Å². The summed E-state index contributed by atoms with van der Waals surface area (Å²) in [6.07, 6.45) is 6.61. The van der Waals surface area contributed by atoms with Crippen LogP contribution in [-0.2, 0) is 0 Å². The quantitative estimate of drug-likeness (QED) is 0.465. The molecular weight excluding hydrogens is 406 g/mol. The van der Waals surface area contributed by atoms with Crippen molar-refractivity contribution in [2.45, 2.75) is 44.2 Å². The van der Waals surface area contributed by atoms with Crippen molar-refractivity contribution in [3.8, 4) is 0 Å². The molecule has 0 aromatic heterocycles. The molecule has 3 unspecified atom stereocenters. The van der Waals surface area contributed by atoms with Crippen LogP contribution in [0.4, 0.5) is 10.1 Å². The number of benzene rings is 1. The van der Waals surface area contributed by atoms with Crippen LogP contribution in [0.3, 0.4) is 0 Å². The first-order valence-electron chi connectivity index (χ1n) is 11.2. The SMILES string of the molecule is C/C=C(\c1ccccc1NC)N1CCN(C/C(N)=C/[B]SC2C=CC(F)CC2)CC1C. The lowest BCUT2D eigenvalue weighted by molar-refractivity contribution is 0.137. The van der Waals surface area contributed by atoms with Crippen LogP contribution in [0.15, 0.2) is 54.2 Å². The van der Waals surface area contributed by atoms with Crippen molar-refractivity contribution < 1.29 is 4.39 Å². The molecule has 3 atom stereocenters. The molecule has 3 rings (SSSR count). The summed E-state index contributed by atoms with van der Waals surface area (Å²) in [5.41, 5.74) is 10.9. The first-order chi connectivity index (χ1) is 15.0. The van der Waals surface area contributed by atoms with Gasteiger partial charge in [-0.25, -0.2) is 16.0 Å². The van der Waals surface area contributed by atoms with Gasteiger partial charge >= 0.3 is 0 Å². The van der Waals surface area contributed by atoms with E-state index in [1.165, 1.54) is 11.3 Å². The van der Waals surface area contributed by atoms with Crippen molar-refractivity contribution in [2.75, 3.05) is 38.5 Å². The van der Waals surface area contributed by atoms with Gasteiger partial charge in [0.15, 0.2) is 0 Å². The highest BCUT2D eigenvalue weighted by atomic mass is 32.2. The van der Waals surface area contributed by atoms with Crippen molar-refractivity contribution in [1.82, 2.24) is 9.80 Å². The van der Waals surface area contributed by atoms with Crippen LogP contribution >= 0.6 is 11.6 Å². The van der Waals surface area contributed by atoms with Crippen molar-refractivity contribution in [2.24, 2.45) is 5.73 Å². The molecule has 1 aromatic rings. The Hall–Kier alpha value is -1.86. The number of hydrogen-bond donors (Lipinski definition) is 2. The molecule has 2 aliphatic rings. The van der Waals surface area contributed by atoms with E-state index >= 15 is 0 Å². The molecule has 167 valence electrons. The molecule has 0 spiro atoms. The summed E-state index contributed by atoms with van der Waals surface area (Å²) in [5, 5.41) is 3.67. The van der Waals surface area contributed by atoms with Gasteiger partial charge in [0.2, 0.25) is 6.56 Å². The summed E-state index contributed by atoms with van der Waals surface area (Å²) in [6, 6.07) is 8.87. The Morgan fingerprint density at radius 1 is 1.29 bits per heavy atom. The average molecular weight is 441 g/mol. The van der Waals surface area contributed by atoms with Crippen molar-refractivity contribution >= 4 is 29.6 Å². The van der Waals surface area contributed by atoms with E-state index < -0.39 is 6.17 Å². The van der Waals surface area contributed by atoms with Gasteiger partial charge in [0.1, 0.15) is 6.17 Å². The lowest BCUT2D eigenvalue weighted by atomic mass is 10.0. The summed E-state index contributed by atoms with van der Waals surface area (Å²) in [6.45, 7) is 10.2. The smallest absolute Gasteiger partial charge is 0.223 e. The number of hydrogen-bond acceptors (Lipinski definition) is 5. The number of piperazine rings is 1. The van der Waals surface area contributed by atoms with Crippen LogP contribution in [0.1, 0.15) is 32.3 Å². The molecule has 0 bridgehead atoms. The second kappa shape index (κ2) is 11.7. The van der Waals surface area contributed by atoms with E-state index in [-0.39, 0.29) is 0 Å². The zero-order valence-electron chi connectivity index (χ0n) is 18.9. The maximum Gasteiger partial charge on any atom is 0.223 e. The Kier molecular flexibility index (Phi) is 8.96. The Labute approximate surface area is 192 Å². The summed E-state index contributed by atoms with van der Waals surface area (Å²) in [4.78, 5) is 4.93. The Morgan fingerprint density at radius 2 is 2.10 bits per heavy atom. The molecule has 0 saturated carbocycles. The lowest BCUT2D eigenvalue weighted by Crippen LogP contribution is -2.51. The predicted molar refractivity (Wildman–Crippen MR) is 135 cm³/mol. The van der Waals surface area contributed by atoms with E-state index in [0.717, 1.165) is 44.0 Å². The summed E-state index contributed by atoms with van der Waals surface area (Å²) >= 11 is 1.72. The minimum Gasteiger partial charge on any atom is -0.402 e. The Bertz CT molecular complexity index is 813. The highest BCUT2D eigenvalue weighted by Crippen LogP contribution is 2.29. The van der Waals surface area contributed by atoms with Crippen LogP contribution in [0.25, 0.3) is 5.70 Å². The summed E-state index contributed by atoms with van der Waals surface area (Å²) in [5.74, 6) is 2.01. The normalized spacial score (nSPS) is 25.5. The first-order valence-corrected chi connectivity index (χ1v) is 12.1. The highest BCUT2D eigenvalue weighted by molar-refractivity contribution is 8.23. The minimum atomic E-state index is -0.770. The van der Waals surface area contributed by atoms with Gasteiger partial charge < -0.3 is 16.0 Å². The number of nitrogens with zero attached hydrogens (tertiary/aromatic N) is 2. The predicted octanol–water partition coefficient (Wildman–Crippen LogP) is 4.30. The van der Waals surface area contributed by atoms with Gasteiger partial charge in [0, 0.05) is 67.2 Å². The standard InChI is InChI=1S/C24H35BFN4S/c1-4-24(22-7-5-6-8-23(22)28-3)30-14-13-29(16-18(30)2)17-20(27)15-25-31-21-11-9-19(26)10-12-21/h4-9,11,15,18-19,21,28H,10,12-14,16-17,27H2,1-3H3/b20-15-,24-4+. The van der Waals surface area contributed by atoms with Gasteiger partial charge in [0.25, 0.3) is 0 Å². The molecule has 4 nitrogen and oxygen atoms in total. The van der Waals surface area contributed by atoms with Gasteiger partial charge in [0.05, 0.1) is 0 Å². The maximum absolute atomic E-state index is 13.2. The van der Waals surface area contributed by atoms with E-state index in [1.54, 1.807) is 17.7 Å². The molecule has 1 heterocycles. The van der Waals surface area contributed by atoms with E-state index in [9.17, 15) is 4.39 Å². The van der Waals surface area contributed by atoms with Crippen molar-refractivity contribution in [3.05, 3.63) is 59.7 Å². The molecule has 1 fully saturated rings. The molecule has 3 N–H and O–H groups in total. The van der Waals surface area contributed by atoms with Crippen molar-refractivity contribution in [3.63, 3.8) is 0 Å². The fraction of sp³-hybridized carbons (Fsp3) is 0.500. The van der Waals surface area contributed by atoms with Crippen LogP contribution < -0.4 is 11.1 Å². The zero-order valence-corrected chi connectivity index (χ0v) is 19.7. The number of allylic oxidation sites excluding steroid dienone is 2. The molecule has 1 aromatic carbocycles. The van der Waals surface area contributed by atoms with Gasteiger partial charge in [-0.15, -0.1) is 0 Å². The number of anilines is 1. The maximum atomic E-state index is 13.2. The highest BCUT2D eigenvalue weighted by Gasteiger charge is 2.26. The third kappa shape index (κ3) is 6.56. The van der Waals surface area contributed by atoms with Gasteiger partial charge in [-0.2, -0.15) is 0 Å². The molecule has 7 heteroatoms. The molecule has 1 aliphatic carbocycles. The molecular formula is C24H35BFN4S. The minimum absolute atomic E-state index is 0.361. The molecule has 1 radical (unpaired) electrons. The third-order valence-electron chi connectivity index (χ3n) is 5.97. The number of alkyl halides is 1. The van der Waals surface area contributed by atoms with Crippen molar-refractivity contribution in [1.29, 1.82) is 0 Å². The summed E-state index contributed by atoms with van der Waals surface area (Å²) < 4.78 is 13.2. The Morgan fingerprint density at radius 3 is 2.77 bits per heavy atom. The first kappa shape index (κ1) is 23.8. The number of para-hydroxylation sites is 1. The number of halogens is 1. The van der Waals surface area contributed by atoms with Crippen LogP contribution in [0.5, 0.6) is 0 Å². The fourth-order valence-electron chi connectivity index (χ4n) is 4.35. The monoisotopic (exact) mass is 441 g/mol. The number of nitrogens with two attached hydrogens (primary N) is 1. The van der Waals surface area contributed by atoms with E-state index in [2.05, 4.69) is 65.9 Å². The fourth-order valence-corrected chi connectivity index (χ4v) is 5.26. The van der Waals surface area contributed by atoms with Gasteiger partial charge in [-0.3, -0.25) is 4.90 Å². The summed E-state index contributed by atoms with van der Waals surface area (Å²) in [7, 11) is 1.97. The van der Waals surface area contributed by atoms with Crippen LogP contribution in [0.2, 0.25) is 0 Å². The van der Waals surface area contributed by atoms with Gasteiger partial charge in [-0.1, -0.05) is 42.4 Å². The zero-order chi connectivity index (χ0) is 22.2. The average Bonchev–Trinajstić information content (AvgIpc) is 2.77. The third-order valence-corrected chi connectivity index (χ3v) is 7.01. The van der Waals surface area contributed by atoms with Crippen LogP contribution in [0, 0.1) is 0 Å². The van der Waals surface area contributed by atoms with Gasteiger partial charge in [-0.05, 0) is 32.8 Å². The Balaban J connectivity index is 1.51. The topological polar surface area (TPSA) is 44.5 Å². The van der Waals surface area contributed by atoms with E-state index in [1.807, 2.05) is 19.1 Å². The molecule has 1 saturated heterocycles. The second-order valence-electron chi connectivity index (χ2n) is 8.28. The molecule has 1 aliphatic heterocycles. The number of rotatable bonds is 8. The van der Waals surface area contributed by atoms with E-state index in [0.29, 0.717) is 17.7 Å². The lowest BCUT2D eigenvalue weighted by Gasteiger charge is -2.43. The number of nitrogens with one attached hydrogen (secondary N) is 1. The van der Waals surface area contributed by atoms with Crippen LogP contribution in [-0.4, -0.2) is 67.0 Å².